The van der Waals surface area contributed by atoms with E-state index < -0.39 is 8.07 Å². The molecule has 0 aliphatic heterocycles. The first-order valence-electron chi connectivity index (χ1n) is 24.2. The van der Waals surface area contributed by atoms with Gasteiger partial charge in [0.1, 0.15) is 0 Å². The molecule has 4 heteroatoms. The molecule has 0 saturated carbocycles. The largest absolute Gasteiger partial charge is 0.309 e. The van der Waals surface area contributed by atoms with Gasteiger partial charge in [-0.1, -0.05) is 206 Å². The monoisotopic (exact) mass is 907 g/mol. The van der Waals surface area contributed by atoms with Gasteiger partial charge in [0.05, 0.1) is 38.8 Å². The summed E-state index contributed by atoms with van der Waals surface area (Å²) in [5.41, 5.74) is 12.9. The molecule has 0 aliphatic carbocycles. The quantitative estimate of drug-likeness (QED) is 0.107. The fraction of sp³-hybridized carbons (Fsp3) is 0. The van der Waals surface area contributed by atoms with Crippen molar-refractivity contribution in [3.8, 4) is 28.2 Å². The number of para-hydroxylation sites is 4. The minimum Gasteiger partial charge on any atom is -0.309 e. The molecule has 3 nitrogen and oxygen atoms in total. The Morgan fingerprint density at radius 2 is 0.657 bits per heavy atom. The van der Waals surface area contributed by atoms with E-state index in [-0.39, 0.29) is 0 Å². The molecular weight excluding hydrogens is 863 g/mol. The van der Waals surface area contributed by atoms with Crippen LogP contribution in [0.3, 0.4) is 0 Å². The van der Waals surface area contributed by atoms with Crippen LogP contribution in [0.4, 0.5) is 0 Å². The smallest absolute Gasteiger partial charge is 0.179 e. The molecule has 0 atom stereocenters. The second-order valence-electron chi connectivity index (χ2n) is 18.4. The normalized spacial score (nSPS) is 12.0. The highest BCUT2D eigenvalue weighted by atomic mass is 28.3. The van der Waals surface area contributed by atoms with E-state index >= 15 is 0 Å². The third-order valence-corrected chi connectivity index (χ3v) is 19.5. The van der Waals surface area contributed by atoms with Gasteiger partial charge in [0.25, 0.3) is 0 Å². The van der Waals surface area contributed by atoms with Crippen LogP contribution in [0.1, 0.15) is 0 Å². The van der Waals surface area contributed by atoms with E-state index in [0.717, 1.165) is 17.1 Å². The lowest BCUT2D eigenvalue weighted by Crippen LogP contribution is -2.74. The molecule has 11 aromatic carbocycles. The van der Waals surface area contributed by atoms with Gasteiger partial charge in [0, 0.05) is 43.7 Å². The molecule has 3 aromatic heterocycles. The minimum atomic E-state index is -2.78. The van der Waals surface area contributed by atoms with Crippen molar-refractivity contribution in [1.82, 2.24) is 13.7 Å². The summed E-state index contributed by atoms with van der Waals surface area (Å²) >= 11 is 0. The first kappa shape index (κ1) is 40.1. The SMILES string of the molecule is c1ccc(-c2ccc3c(c2)c2ccccc2n3-c2cccc3c4ccccc4n(-c4ccc5c(c4)c4ccccc4n5-c4cccc([Si](c5ccccc5)(c5ccccc5)c5ccccc5)c4)c23)cc1. The number of hydrogen-bond donors (Lipinski definition) is 0. The number of nitrogens with zero attached hydrogens (tertiary/aromatic N) is 3. The maximum atomic E-state index is 2.50. The molecule has 14 rings (SSSR count). The second kappa shape index (κ2) is 16.1. The van der Waals surface area contributed by atoms with Gasteiger partial charge in [-0.2, -0.15) is 0 Å². The standard InChI is InChI=1S/C66H45N3Si/c1-5-21-46(22-6-1)47-39-41-64-58(43-47)55-32-15-18-37-62(55)69(64)65-38-20-34-57-54-31-13-17-36-61(54)68(66(57)65)49-40-42-63-59(45-49)56-33-14-16-35-60(56)67(63)48-23-19-30-53(44-48)70(50-24-7-2-8-25-50,51-26-9-3-10-27-51)52-28-11-4-12-29-52/h1-45H. The Bertz CT molecular complexity index is 4180. The van der Waals surface area contributed by atoms with E-state index in [4.69, 9.17) is 0 Å². The maximum absolute atomic E-state index is 2.78. The summed E-state index contributed by atoms with van der Waals surface area (Å²) in [7, 11) is -2.78. The Morgan fingerprint density at radius 3 is 1.29 bits per heavy atom. The fourth-order valence-electron chi connectivity index (χ4n) is 11.8. The lowest BCUT2D eigenvalue weighted by molar-refractivity contribution is 1.13. The predicted molar refractivity (Wildman–Crippen MR) is 299 cm³/mol. The Morgan fingerprint density at radius 1 is 0.229 bits per heavy atom. The maximum Gasteiger partial charge on any atom is 0.179 e. The topological polar surface area (TPSA) is 14.8 Å². The zero-order valence-electron chi connectivity index (χ0n) is 38.3. The van der Waals surface area contributed by atoms with Crippen molar-refractivity contribution >= 4 is 94.2 Å². The zero-order valence-corrected chi connectivity index (χ0v) is 39.3. The van der Waals surface area contributed by atoms with Crippen molar-refractivity contribution in [3.63, 3.8) is 0 Å². The summed E-state index contributed by atoms with van der Waals surface area (Å²) in [6.45, 7) is 0. The molecule has 0 radical (unpaired) electrons. The van der Waals surface area contributed by atoms with E-state index in [9.17, 15) is 0 Å². The Labute approximate surface area is 407 Å². The fourth-order valence-corrected chi connectivity index (χ4v) is 16.6. The number of hydrogen-bond acceptors (Lipinski definition) is 0. The minimum absolute atomic E-state index is 1.12. The number of fused-ring (bicyclic) bond motifs is 9. The van der Waals surface area contributed by atoms with E-state index in [1.807, 2.05) is 0 Å². The molecule has 0 N–H and O–H groups in total. The van der Waals surface area contributed by atoms with Crippen LogP contribution in [0.5, 0.6) is 0 Å². The first-order valence-corrected chi connectivity index (χ1v) is 26.2. The van der Waals surface area contributed by atoms with Gasteiger partial charge in [-0.3, -0.25) is 0 Å². The summed E-state index contributed by atoms with van der Waals surface area (Å²) in [5, 5.41) is 12.8. The molecule has 14 aromatic rings. The molecule has 3 heterocycles. The summed E-state index contributed by atoms with van der Waals surface area (Å²) < 4.78 is 7.47. The van der Waals surface area contributed by atoms with Gasteiger partial charge >= 0.3 is 0 Å². The van der Waals surface area contributed by atoms with Gasteiger partial charge in [-0.15, -0.1) is 0 Å². The molecule has 328 valence electrons. The van der Waals surface area contributed by atoms with Crippen molar-refractivity contribution in [3.05, 3.63) is 273 Å². The molecule has 0 unspecified atom stereocenters. The molecule has 0 bridgehead atoms. The van der Waals surface area contributed by atoms with Crippen LogP contribution >= 0.6 is 0 Å². The Kier molecular flexibility index (Phi) is 9.23. The van der Waals surface area contributed by atoms with Crippen molar-refractivity contribution < 1.29 is 0 Å². The Hall–Kier alpha value is -8.96. The summed E-state index contributed by atoms with van der Waals surface area (Å²) in [4.78, 5) is 0. The van der Waals surface area contributed by atoms with E-state index in [2.05, 4.69) is 287 Å². The van der Waals surface area contributed by atoms with Crippen molar-refractivity contribution in [2.45, 2.75) is 0 Å². The highest BCUT2D eigenvalue weighted by Crippen LogP contribution is 2.42. The highest BCUT2D eigenvalue weighted by Gasteiger charge is 2.41. The molecule has 0 aliphatic rings. The van der Waals surface area contributed by atoms with Crippen molar-refractivity contribution in [2.24, 2.45) is 0 Å². The molecular formula is C66H45N3Si. The number of aromatic nitrogens is 3. The molecule has 0 amide bonds. The van der Waals surface area contributed by atoms with Crippen molar-refractivity contribution in [1.29, 1.82) is 0 Å². The average molecular weight is 908 g/mol. The van der Waals surface area contributed by atoms with Gasteiger partial charge in [-0.25, -0.2) is 0 Å². The van der Waals surface area contributed by atoms with E-state index in [1.165, 1.54) is 97.3 Å². The van der Waals surface area contributed by atoms with Gasteiger partial charge < -0.3 is 13.7 Å². The molecule has 0 fully saturated rings. The summed E-state index contributed by atoms with van der Waals surface area (Å²) in [5.74, 6) is 0. The van der Waals surface area contributed by atoms with Gasteiger partial charge in [0.2, 0.25) is 0 Å². The lowest BCUT2D eigenvalue weighted by Gasteiger charge is -2.34. The number of rotatable bonds is 8. The molecule has 0 saturated heterocycles. The first-order chi connectivity index (χ1) is 34.8. The molecule has 70 heavy (non-hydrogen) atoms. The predicted octanol–water partition coefficient (Wildman–Crippen LogP) is 14.0. The lowest BCUT2D eigenvalue weighted by atomic mass is 10.0. The third-order valence-electron chi connectivity index (χ3n) is 14.8. The van der Waals surface area contributed by atoms with Crippen LogP contribution in [0.15, 0.2) is 273 Å². The van der Waals surface area contributed by atoms with Crippen LogP contribution in [0, 0.1) is 0 Å². The van der Waals surface area contributed by atoms with E-state index in [1.54, 1.807) is 0 Å². The van der Waals surface area contributed by atoms with Crippen LogP contribution in [-0.2, 0) is 0 Å². The second-order valence-corrected chi connectivity index (χ2v) is 22.2. The highest BCUT2D eigenvalue weighted by molar-refractivity contribution is 7.19. The van der Waals surface area contributed by atoms with Gasteiger partial charge in [0.15, 0.2) is 8.07 Å². The Balaban J connectivity index is 0.997. The van der Waals surface area contributed by atoms with E-state index in [0.29, 0.717) is 0 Å². The van der Waals surface area contributed by atoms with Gasteiger partial charge in [-0.05, 0) is 98.6 Å². The third kappa shape index (κ3) is 6.00. The van der Waals surface area contributed by atoms with Crippen LogP contribution in [0.25, 0.3) is 93.6 Å². The average Bonchev–Trinajstić information content (AvgIpc) is 4.08. The van der Waals surface area contributed by atoms with Crippen molar-refractivity contribution in [2.75, 3.05) is 0 Å². The molecule has 0 spiro atoms. The number of benzene rings is 11. The van der Waals surface area contributed by atoms with Crippen LogP contribution in [-0.4, -0.2) is 21.8 Å². The zero-order chi connectivity index (χ0) is 46.2. The summed E-state index contributed by atoms with van der Waals surface area (Å²) in [6.07, 6.45) is 0. The van der Waals surface area contributed by atoms with Crippen LogP contribution in [0.2, 0.25) is 0 Å². The summed E-state index contributed by atoms with van der Waals surface area (Å²) in [6, 6.07) is 101. The van der Waals surface area contributed by atoms with Crippen LogP contribution < -0.4 is 20.7 Å².